The van der Waals surface area contributed by atoms with E-state index in [9.17, 15) is 9.90 Å². The zero-order chi connectivity index (χ0) is 15.4. The van der Waals surface area contributed by atoms with Gasteiger partial charge < -0.3 is 14.6 Å². The van der Waals surface area contributed by atoms with Crippen molar-refractivity contribution in [2.45, 2.75) is 6.61 Å². The summed E-state index contributed by atoms with van der Waals surface area (Å²) in [6.45, 7) is 0.223. The number of ether oxygens (including phenoxy) is 2. The van der Waals surface area contributed by atoms with Gasteiger partial charge in [-0.05, 0) is 46.3 Å². The Balaban J connectivity index is 2.26. The number of aromatic carboxylic acids is 1. The van der Waals surface area contributed by atoms with Gasteiger partial charge in [0.2, 0.25) is 0 Å². The van der Waals surface area contributed by atoms with Crippen molar-refractivity contribution >= 4 is 37.8 Å². The van der Waals surface area contributed by atoms with Crippen LogP contribution >= 0.6 is 31.9 Å². The van der Waals surface area contributed by atoms with Crippen LogP contribution < -0.4 is 9.47 Å². The standard InChI is InChI=1S/C15H12Br2O4/c1-20-10-5-6-12(16)9(7-10)8-21-14-11(15(18)19)3-2-4-13(14)17/h2-7H,8H2,1H3,(H,18,19). The molecule has 0 spiro atoms. The molecule has 0 saturated carbocycles. The van der Waals surface area contributed by atoms with E-state index in [1.165, 1.54) is 6.07 Å². The summed E-state index contributed by atoms with van der Waals surface area (Å²) >= 11 is 6.75. The highest BCUT2D eigenvalue weighted by Crippen LogP contribution is 2.31. The third-order valence-electron chi connectivity index (χ3n) is 2.82. The van der Waals surface area contributed by atoms with Gasteiger partial charge in [-0.2, -0.15) is 0 Å². The molecule has 0 unspecified atom stereocenters. The lowest BCUT2D eigenvalue weighted by Gasteiger charge is -2.12. The van der Waals surface area contributed by atoms with Gasteiger partial charge in [0, 0.05) is 10.0 Å². The average Bonchev–Trinajstić information content (AvgIpc) is 2.47. The average molecular weight is 416 g/mol. The predicted molar refractivity (Wildman–Crippen MR) is 86.1 cm³/mol. The summed E-state index contributed by atoms with van der Waals surface area (Å²) in [6, 6.07) is 10.4. The monoisotopic (exact) mass is 414 g/mol. The first kappa shape index (κ1) is 15.9. The molecule has 0 saturated heterocycles. The highest BCUT2D eigenvalue weighted by molar-refractivity contribution is 9.10. The van der Waals surface area contributed by atoms with Crippen LogP contribution in [0.15, 0.2) is 45.3 Å². The van der Waals surface area contributed by atoms with Crippen molar-refractivity contribution in [2.24, 2.45) is 0 Å². The summed E-state index contributed by atoms with van der Waals surface area (Å²) in [7, 11) is 1.59. The minimum absolute atomic E-state index is 0.114. The van der Waals surface area contributed by atoms with Crippen LogP contribution in [0.1, 0.15) is 15.9 Å². The minimum Gasteiger partial charge on any atom is -0.497 e. The molecule has 2 aromatic carbocycles. The second-order valence-corrected chi connectivity index (χ2v) is 5.88. The van der Waals surface area contributed by atoms with Gasteiger partial charge in [-0.1, -0.05) is 22.0 Å². The molecule has 2 rings (SSSR count). The van der Waals surface area contributed by atoms with Crippen LogP contribution in [-0.2, 0) is 6.61 Å². The van der Waals surface area contributed by atoms with Gasteiger partial charge in [0.05, 0.1) is 11.6 Å². The van der Waals surface area contributed by atoms with Gasteiger partial charge in [-0.3, -0.25) is 0 Å². The molecule has 0 aromatic heterocycles. The fourth-order valence-corrected chi connectivity index (χ4v) is 2.60. The van der Waals surface area contributed by atoms with E-state index in [0.717, 1.165) is 10.0 Å². The lowest BCUT2D eigenvalue weighted by molar-refractivity contribution is 0.0691. The first-order valence-corrected chi connectivity index (χ1v) is 7.58. The molecule has 0 heterocycles. The SMILES string of the molecule is COc1ccc(Br)c(COc2c(Br)cccc2C(=O)O)c1. The molecule has 0 bridgehead atoms. The van der Waals surface area contributed by atoms with Crippen LogP contribution in [0.2, 0.25) is 0 Å². The summed E-state index contributed by atoms with van der Waals surface area (Å²) < 4.78 is 12.3. The Labute approximate surface area is 139 Å². The van der Waals surface area contributed by atoms with Crippen molar-refractivity contribution in [1.82, 2.24) is 0 Å². The van der Waals surface area contributed by atoms with Gasteiger partial charge >= 0.3 is 5.97 Å². The molecule has 2 aromatic rings. The molecule has 6 heteroatoms. The van der Waals surface area contributed by atoms with E-state index < -0.39 is 5.97 Å². The van der Waals surface area contributed by atoms with E-state index >= 15 is 0 Å². The van der Waals surface area contributed by atoms with Crippen LogP contribution in [0.4, 0.5) is 0 Å². The lowest BCUT2D eigenvalue weighted by atomic mass is 10.2. The topological polar surface area (TPSA) is 55.8 Å². The third-order valence-corrected chi connectivity index (χ3v) is 4.22. The number of carboxylic acid groups (broad SMARTS) is 1. The van der Waals surface area contributed by atoms with Crippen molar-refractivity contribution in [2.75, 3.05) is 7.11 Å². The number of para-hydroxylation sites is 1. The van der Waals surface area contributed by atoms with Crippen molar-refractivity contribution in [1.29, 1.82) is 0 Å². The molecule has 0 radical (unpaired) electrons. The summed E-state index contributed by atoms with van der Waals surface area (Å²) in [6.07, 6.45) is 0. The molecule has 0 aliphatic carbocycles. The Bertz CT molecular complexity index is 671. The summed E-state index contributed by atoms with van der Waals surface area (Å²) in [5.74, 6) is -0.0156. The van der Waals surface area contributed by atoms with Crippen LogP contribution in [0.25, 0.3) is 0 Å². The number of carbonyl (C=O) groups is 1. The second-order valence-electron chi connectivity index (χ2n) is 4.17. The van der Waals surface area contributed by atoms with E-state index in [2.05, 4.69) is 31.9 Å². The molecular weight excluding hydrogens is 404 g/mol. The maximum absolute atomic E-state index is 11.2. The maximum atomic E-state index is 11.2. The number of carboxylic acids is 1. The van der Waals surface area contributed by atoms with Crippen molar-refractivity contribution < 1.29 is 19.4 Å². The molecular formula is C15H12Br2O4. The Hall–Kier alpha value is -1.53. The molecule has 0 fully saturated rings. The quantitative estimate of drug-likeness (QED) is 0.781. The first-order chi connectivity index (χ1) is 10.0. The largest absolute Gasteiger partial charge is 0.497 e. The molecule has 0 amide bonds. The molecule has 0 aliphatic rings. The number of halogens is 2. The van der Waals surface area contributed by atoms with Crippen molar-refractivity contribution in [3.63, 3.8) is 0 Å². The first-order valence-electron chi connectivity index (χ1n) is 6.00. The normalized spacial score (nSPS) is 10.2. The molecule has 0 aliphatic heterocycles. The Morgan fingerprint density at radius 3 is 2.62 bits per heavy atom. The minimum atomic E-state index is -1.03. The third kappa shape index (κ3) is 3.77. The highest BCUT2D eigenvalue weighted by atomic mass is 79.9. The Kier molecular flexibility index (Phi) is 5.25. The Morgan fingerprint density at radius 2 is 1.95 bits per heavy atom. The highest BCUT2D eigenvalue weighted by Gasteiger charge is 2.15. The zero-order valence-corrected chi connectivity index (χ0v) is 14.3. The van der Waals surface area contributed by atoms with Crippen molar-refractivity contribution in [3.8, 4) is 11.5 Å². The molecule has 1 N–H and O–H groups in total. The van der Waals surface area contributed by atoms with Crippen molar-refractivity contribution in [3.05, 3.63) is 56.5 Å². The van der Waals surface area contributed by atoms with Crippen LogP contribution in [0.3, 0.4) is 0 Å². The molecule has 4 nitrogen and oxygen atoms in total. The number of methoxy groups -OCH3 is 1. The van der Waals surface area contributed by atoms with Gasteiger partial charge in [0.25, 0.3) is 0 Å². The molecule has 0 atom stereocenters. The van der Waals surface area contributed by atoms with Crippen LogP contribution in [0, 0.1) is 0 Å². The van der Waals surface area contributed by atoms with E-state index in [1.54, 1.807) is 19.2 Å². The van der Waals surface area contributed by atoms with E-state index in [0.29, 0.717) is 16.0 Å². The van der Waals surface area contributed by atoms with Gasteiger partial charge in [-0.25, -0.2) is 4.79 Å². The fraction of sp³-hybridized carbons (Fsp3) is 0.133. The van der Waals surface area contributed by atoms with Gasteiger partial charge in [-0.15, -0.1) is 0 Å². The van der Waals surface area contributed by atoms with Gasteiger partial charge in [0.15, 0.2) is 0 Å². The van der Waals surface area contributed by atoms with Crippen LogP contribution in [-0.4, -0.2) is 18.2 Å². The smallest absolute Gasteiger partial charge is 0.339 e. The predicted octanol–water partition coefficient (Wildman–Crippen LogP) is 4.50. The lowest BCUT2D eigenvalue weighted by Crippen LogP contribution is -2.04. The summed E-state index contributed by atoms with van der Waals surface area (Å²) in [5, 5.41) is 9.19. The second kappa shape index (κ2) is 6.95. The molecule has 110 valence electrons. The fourth-order valence-electron chi connectivity index (χ4n) is 1.76. The van der Waals surface area contributed by atoms with E-state index in [-0.39, 0.29) is 12.2 Å². The van der Waals surface area contributed by atoms with E-state index in [4.69, 9.17) is 9.47 Å². The summed E-state index contributed by atoms with van der Waals surface area (Å²) in [5.41, 5.74) is 0.977. The number of hydrogen-bond acceptors (Lipinski definition) is 3. The van der Waals surface area contributed by atoms with Crippen LogP contribution in [0.5, 0.6) is 11.5 Å². The number of benzene rings is 2. The Morgan fingerprint density at radius 1 is 1.19 bits per heavy atom. The van der Waals surface area contributed by atoms with Gasteiger partial charge in [0.1, 0.15) is 23.7 Å². The zero-order valence-electron chi connectivity index (χ0n) is 11.1. The number of rotatable bonds is 5. The maximum Gasteiger partial charge on any atom is 0.339 e. The number of hydrogen-bond donors (Lipinski definition) is 1. The summed E-state index contributed by atoms with van der Waals surface area (Å²) in [4.78, 5) is 11.2. The van der Waals surface area contributed by atoms with E-state index in [1.807, 2.05) is 18.2 Å². The molecule has 21 heavy (non-hydrogen) atoms.